The highest BCUT2D eigenvalue weighted by Crippen LogP contribution is 2.15. The van der Waals surface area contributed by atoms with E-state index in [2.05, 4.69) is 20.8 Å². The Bertz CT molecular complexity index is 667. The number of anilines is 2. The number of aromatic nitrogens is 2. The molecule has 7 nitrogen and oxygen atoms in total. The third-order valence-corrected chi connectivity index (χ3v) is 3.77. The van der Waals surface area contributed by atoms with Gasteiger partial charge in [0.15, 0.2) is 5.82 Å². The van der Waals surface area contributed by atoms with Crippen molar-refractivity contribution >= 4 is 17.5 Å². The van der Waals surface area contributed by atoms with E-state index in [1.54, 1.807) is 19.2 Å². The minimum atomic E-state index is -0.375. The van der Waals surface area contributed by atoms with Crippen molar-refractivity contribution in [2.75, 3.05) is 24.4 Å². The molecule has 1 atom stereocenters. The number of methoxy groups -OCH3 is 1. The Balaban J connectivity index is 1.51. The number of nitrogens with one attached hydrogen (secondary N) is 2. The molecule has 7 heteroatoms. The van der Waals surface area contributed by atoms with Gasteiger partial charge in [0, 0.05) is 13.2 Å². The van der Waals surface area contributed by atoms with Gasteiger partial charge < -0.3 is 20.1 Å². The van der Waals surface area contributed by atoms with E-state index in [1.165, 1.54) is 0 Å². The van der Waals surface area contributed by atoms with Crippen molar-refractivity contribution in [2.45, 2.75) is 25.5 Å². The summed E-state index contributed by atoms with van der Waals surface area (Å²) in [5, 5.41) is 14.0. The SMILES string of the molecule is COc1ccc(CNc2ccc(NC(=O)C3CCCO3)nn2)cc1. The number of amides is 1. The predicted octanol–water partition coefficient (Wildman–Crippen LogP) is 2.21. The number of benzene rings is 1. The van der Waals surface area contributed by atoms with Gasteiger partial charge >= 0.3 is 0 Å². The lowest BCUT2D eigenvalue weighted by Crippen LogP contribution is -2.27. The molecule has 1 amide bonds. The molecule has 24 heavy (non-hydrogen) atoms. The fourth-order valence-electron chi connectivity index (χ4n) is 2.42. The summed E-state index contributed by atoms with van der Waals surface area (Å²) in [5.41, 5.74) is 1.10. The molecular formula is C17H20N4O3. The first kappa shape index (κ1) is 16.2. The monoisotopic (exact) mass is 328 g/mol. The van der Waals surface area contributed by atoms with Gasteiger partial charge in [-0.1, -0.05) is 12.1 Å². The summed E-state index contributed by atoms with van der Waals surface area (Å²) >= 11 is 0. The highest BCUT2D eigenvalue weighted by molar-refractivity contribution is 5.93. The third kappa shape index (κ3) is 4.20. The molecule has 1 aliphatic heterocycles. The molecule has 1 aromatic carbocycles. The Kier molecular flexibility index (Phi) is 5.22. The van der Waals surface area contributed by atoms with Crippen LogP contribution in [-0.4, -0.2) is 35.9 Å². The second-order valence-corrected chi connectivity index (χ2v) is 5.50. The average Bonchev–Trinajstić information content (AvgIpc) is 3.16. The Morgan fingerprint density at radius 3 is 2.58 bits per heavy atom. The molecule has 0 spiro atoms. The second-order valence-electron chi connectivity index (χ2n) is 5.50. The first-order valence-corrected chi connectivity index (χ1v) is 7.87. The molecule has 0 bridgehead atoms. The van der Waals surface area contributed by atoms with E-state index in [9.17, 15) is 4.79 Å². The first-order chi connectivity index (χ1) is 11.7. The molecule has 0 saturated carbocycles. The van der Waals surface area contributed by atoms with Crippen LogP contribution in [0.15, 0.2) is 36.4 Å². The van der Waals surface area contributed by atoms with Crippen LogP contribution in [0.1, 0.15) is 18.4 Å². The molecule has 1 aromatic heterocycles. The minimum Gasteiger partial charge on any atom is -0.497 e. The maximum absolute atomic E-state index is 11.9. The fourth-order valence-corrected chi connectivity index (χ4v) is 2.42. The van der Waals surface area contributed by atoms with Crippen molar-refractivity contribution in [3.8, 4) is 5.75 Å². The molecule has 0 aliphatic carbocycles. The van der Waals surface area contributed by atoms with E-state index < -0.39 is 0 Å². The van der Waals surface area contributed by atoms with Crippen LogP contribution in [0.25, 0.3) is 0 Å². The van der Waals surface area contributed by atoms with Gasteiger partial charge in [-0.2, -0.15) is 0 Å². The summed E-state index contributed by atoms with van der Waals surface area (Å²) in [4.78, 5) is 11.9. The van der Waals surface area contributed by atoms with Gasteiger partial charge in [0.2, 0.25) is 0 Å². The average molecular weight is 328 g/mol. The van der Waals surface area contributed by atoms with Gasteiger partial charge in [-0.3, -0.25) is 4.79 Å². The number of carbonyl (C=O) groups is 1. The van der Waals surface area contributed by atoms with E-state index in [-0.39, 0.29) is 12.0 Å². The lowest BCUT2D eigenvalue weighted by atomic mass is 10.2. The van der Waals surface area contributed by atoms with Crippen molar-refractivity contribution in [1.82, 2.24) is 10.2 Å². The van der Waals surface area contributed by atoms with Crippen LogP contribution in [0.3, 0.4) is 0 Å². The topological polar surface area (TPSA) is 85.4 Å². The molecule has 1 fully saturated rings. The van der Waals surface area contributed by atoms with Crippen LogP contribution in [0.4, 0.5) is 11.6 Å². The molecule has 126 valence electrons. The molecule has 1 unspecified atom stereocenters. The Labute approximate surface area is 140 Å². The molecule has 2 aromatic rings. The van der Waals surface area contributed by atoms with Gasteiger partial charge in [-0.25, -0.2) is 0 Å². The second kappa shape index (κ2) is 7.74. The number of carbonyl (C=O) groups excluding carboxylic acids is 1. The summed E-state index contributed by atoms with van der Waals surface area (Å²) in [6, 6.07) is 11.3. The Morgan fingerprint density at radius 1 is 1.21 bits per heavy atom. The molecule has 2 N–H and O–H groups in total. The zero-order chi connectivity index (χ0) is 16.8. The van der Waals surface area contributed by atoms with E-state index in [4.69, 9.17) is 9.47 Å². The zero-order valence-electron chi connectivity index (χ0n) is 13.5. The fraction of sp³-hybridized carbons (Fsp3) is 0.353. The van der Waals surface area contributed by atoms with Gasteiger partial charge in [0.25, 0.3) is 5.91 Å². The molecule has 0 radical (unpaired) electrons. The molecule has 1 saturated heterocycles. The Hall–Kier alpha value is -2.67. The summed E-state index contributed by atoms with van der Waals surface area (Å²) in [5.74, 6) is 1.72. The summed E-state index contributed by atoms with van der Waals surface area (Å²) in [7, 11) is 1.64. The lowest BCUT2D eigenvalue weighted by molar-refractivity contribution is -0.124. The quantitative estimate of drug-likeness (QED) is 0.846. The summed E-state index contributed by atoms with van der Waals surface area (Å²) < 4.78 is 10.5. The molecule has 2 heterocycles. The normalized spacial score (nSPS) is 16.6. The van der Waals surface area contributed by atoms with Crippen molar-refractivity contribution in [2.24, 2.45) is 0 Å². The predicted molar refractivity (Wildman–Crippen MR) is 90.0 cm³/mol. The maximum Gasteiger partial charge on any atom is 0.254 e. The van der Waals surface area contributed by atoms with Crippen molar-refractivity contribution in [1.29, 1.82) is 0 Å². The van der Waals surface area contributed by atoms with E-state index in [1.807, 2.05) is 24.3 Å². The number of nitrogens with zero attached hydrogens (tertiary/aromatic N) is 2. The number of hydrogen-bond acceptors (Lipinski definition) is 6. The molecule has 1 aliphatic rings. The van der Waals surface area contributed by atoms with Gasteiger partial charge in [0.05, 0.1) is 7.11 Å². The van der Waals surface area contributed by atoms with E-state index in [0.717, 1.165) is 24.2 Å². The van der Waals surface area contributed by atoms with Crippen LogP contribution >= 0.6 is 0 Å². The Morgan fingerprint density at radius 2 is 1.96 bits per heavy atom. The van der Waals surface area contributed by atoms with Crippen molar-refractivity contribution in [3.63, 3.8) is 0 Å². The third-order valence-electron chi connectivity index (χ3n) is 3.77. The van der Waals surface area contributed by atoms with Crippen LogP contribution in [0.2, 0.25) is 0 Å². The van der Waals surface area contributed by atoms with Crippen LogP contribution in [-0.2, 0) is 16.1 Å². The smallest absolute Gasteiger partial charge is 0.254 e. The van der Waals surface area contributed by atoms with Crippen LogP contribution in [0, 0.1) is 0 Å². The largest absolute Gasteiger partial charge is 0.497 e. The van der Waals surface area contributed by atoms with E-state index >= 15 is 0 Å². The molecular weight excluding hydrogens is 308 g/mol. The first-order valence-electron chi connectivity index (χ1n) is 7.87. The van der Waals surface area contributed by atoms with E-state index in [0.29, 0.717) is 24.8 Å². The number of rotatable bonds is 6. The number of ether oxygens (including phenoxy) is 2. The van der Waals surface area contributed by atoms with Crippen LogP contribution < -0.4 is 15.4 Å². The van der Waals surface area contributed by atoms with Crippen molar-refractivity contribution in [3.05, 3.63) is 42.0 Å². The zero-order valence-corrected chi connectivity index (χ0v) is 13.5. The minimum absolute atomic E-state index is 0.166. The lowest BCUT2D eigenvalue weighted by Gasteiger charge is -2.10. The maximum atomic E-state index is 11.9. The number of hydrogen-bond donors (Lipinski definition) is 2. The van der Waals surface area contributed by atoms with Crippen molar-refractivity contribution < 1.29 is 14.3 Å². The highest BCUT2D eigenvalue weighted by Gasteiger charge is 2.23. The van der Waals surface area contributed by atoms with Crippen LogP contribution in [0.5, 0.6) is 5.75 Å². The van der Waals surface area contributed by atoms with Gasteiger partial charge in [-0.05, 0) is 42.7 Å². The van der Waals surface area contributed by atoms with Gasteiger partial charge in [0.1, 0.15) is 17.7 Å². The highest BCUT2D eigenvalue weighted by atomic mass is 16.5. The molecule has 3 rings (SSSR count). The summed E-state index contributed by atoms with van der Waals surface area (Å²) in [6.07, 6.45) is 1.29. The van der Waals surface area contributed by atoms with Gasteiger partial charge in [-0.15, -0.1) is 10.2 Å². The summed E-state index contributed by atoms with van der Waals surface area (Å²) in [6.45, 7) is 1.26. The standard InChI is InChI=1S/C17H20N4O3/c1-23-13-6-4-12(5-7-13)11-18-15-8-9-16(21-20-15)19-17(22)14-3-2-10-24-14/h4-9,14H,2-3,10-11H2,1H3,(H,18,20)(H,19,21,22).